The van der Waals surface area contributed by atoms with E-state index in [1.165, 1.54) is 15.6 Å². The van der Waals surface area contributed by atoms with Crippen LogP contribution in [0.3, 0.4) is 0 Å². The van der Waals surface area contributed by atoms with E-state index in [1.54, 1.807) is 30.5 Å². The molecule has 0 saturated carbocycles. The van der Waals surface area contributed by atoms with E-state index in [2.05, 4.69) is 14.9 Å². The van der Waals surface area contributed by atoms with E-state index >= 15 is 0 Å². The second-order valence-electron chi connectivity index (χ2n) is 5.65. The molecule has 0 bridgehead atoms. The van der Waals surface area contributed by atoms with Crippen molar-refractivity contribution in [2.75, 3.05) is 31.1 Å². The molecule has 9 heteroatoms. The number of halogens is 1. The molecule has 1 aliphatic heterocycles. The molecule has 0 atom stereocenters. The number of hydrogen-bond acceptors (Lipinski definition) is 6. The van der Waals surface area contributed by atoms with Crippen LogP contribution < -0.4 is 4.90 Å². The molecule has 0 unspecified atom stereocenters. The van der Waals surface area contributed by atoms with Gasteiger partial charge in [-0.25, -0.2) is 18.4 Å². The van der Waals surface area contributed by atoms with E-state index < -0.39 is 10.0 Å². The predicted octanol–water partition coefficient (Wildman–Crippen LogP) is 2.86. The van der Waals surface area contributed by atoms with Crippen molar-refractivity contribution in [3.05, 3.63) is 47.6 Å². The third kappa shape index (κ3) is 3.10. The molecular formula is C16H15ClN4O2S2. The van der Waals surface area contributed by atoms with Crippen molar-refractivity contribution in [1.29, 1.82) is 0 Å². The van der Waals surface area contributed by atoms with Crippen LogP contribution in [0.15, 0.2) is 47.5 Å². The van der Waals surface area contributed by atoms with Gasteiger partial charge in [0.2, 0.25) is 10.0 Å². The number of sulfonamides is 1. The largest absolute Gasteiger partial charge is 0.345 e. The summed E-state index contributed by atoms with van der Waals surface area (Å²) in [6.07, 6.45) is 1.75. The second kappa shape index (κ2) is 6.53. The molecule has 4 rings (SSSR count). The van der Waals surface area contributed by atoms with Gasteiger partial charge >= 0.3 is 0 Å². The van der Waals surface area contributed by atoms with Crippen LogP contribution in [0.5, 0.6) is 0 Å². The Labute approximate surface area is 154 Å². The summed E-state index contributed by atoms with van der Waals surface area (Å²) in [5.41, 5.74) is 0.869. The summed E-state index contributed by atoms with van der Waals surface area (Å²) in [7, 11) is -3.58. The van der Waals surface area contributed by atoms with Gasteiger partial charge in [0.25, 0.3) is 0 Å². The molecule has 0 N–H and O–H groups in total. The Bertz CT molecular complexity index is 981. The Morgan fingerprint density at radius 1 is 1.04 bits per heavy atom. The van der Waals surface area contributed by atoms with Gasteiger partial charge in [-0.15, -0.1) is 0 Å². The minimum absolute atomic E-state index is 0.161. The topological polar surface area (TPSA) is 66.4 Å². The van der Waals surface area contributed by atoms with E-state index in [0.29, 0.717) is 26.2 Å². The molecule has 3 aromatic rings. The highest BCUT2D eigenvalue weighted by Gasteiger charge is 2.30. The van der Waals surface area contributed by atoms with E-state index in [0.717, 1.165) is 15.5 Å². The third-order valence-electron chi connectivity index (χ3n) is 4.12. The molecule has 25 heavy (non-hydrogen) atoms. The molecule has 0 amide bonds. The quantitative estimate of drug-likeness (QED) is 0.683. The number of piperazine rings is 1. The average molecular weight is 395 g/mol. The maximum Gasteiger partial charge on any atom is 0.244 e. The minimum Gasteiger partial charge on any atom is -0.345 e. The maximum atomic E-state index is 12.8. The van der Waals surface area contributed by atoms with Crippen molar-refractivity contribution in [1.82, 2.24) is 14.3 Å². The number of aromatic nitrogens is 2. The summed E-state index contributed by atoms with van der Waals surface area (Å²) in [6.45, 7) is 1.97. The standard InChI is InChI=1S/C16H15ClN4O2S2/c17-12-4-1-2-6-14(12)25(22,23)21-10-8-20(9-11-21)16-19-13-5-3-7-18-15(13)24-16/h1-7H,8-11H2. The average Bonchev–Trinajstić information content (AvgIpc) is 3.06. The SMILES string of the molecule is O=S(=O)(c1ccccc1Cl)N1CCN(c2nc3cccnc3s2)CC1. The summed E-state index contributed by atoms with van der Waals surface area (Å²) in [4.78, 5) is 12.1. The molecule has 1 aromatic carbocycles. The fourth-order valence-corrected chi connectivity index (χ4v) is 5.68. The van der Waals surface area contributed by atoms with Crippen molar-refractivity contribution in [3.63, 3.8) is 0 Å². The Balaban J connectivity index is 1.52. The van der Waals surface area contributed by atoms with Gasteiger partial charge in [-0.05, 0) is 24.3 Å². The van der Waals surface area contributed by atoms with E-state index in [9.17, 15) is 8.42 Å². The fourth-order valence-electron chi connectivity index (χ4n) is 2.81. The van der Waals surface area contributed by atoms with Crippen LogP contribution in [0.2, 0.25) is 5.02 Å². The Kier molecular flexibility index (Phi) is 4.36. The van der Waals surface area contributed by atoms with Crippen molar-refractivity contribution in [2.45, 2.75) is 4.90 Å². The highest BCUT2D eigenvalue weighted by Crippen LogP contribution is 2.29. The Morgan fingerprint density at radius 3 is 2.52 bits per heavy atom. The molecule has 6 nitrogen and oxygen atoms in total. The van der Waals surface area contributed by atoms with Crippen LogP contribution in [0.1, 0.15) is 0 Å². The van der Waals surface area contributed by atoms with Crippen molar-refractivity contribution in [3.8, 4) is 0 Å². The molecule has 130 valence electrons. The fraction of sp³-hybridized carbons (Fsp3) is 0.250. The van der Waals surface area contributed by atoms with Gasteiger partial charge in [0.15, 0.2) is 5.13 Å². The maximum absolute atomic E-state index is 12.8. The monoisotopic (exact) mass is 394 g/mol. The van der Waals surface area contributed by atoms with E-state index in [1.807, 2.05) is 12.1 Å². The minimum atomic E-state index is -3.58. The van der Waals surface area contributed by atoms with Crippen LogP contribution >= 0.6 is 22.9 Å². The molecule has 3 heterocycles. The van der Waals surface area contributed by atoms with E-state index in [4.69, 9.17) is 11.6 Å². The van der Waals surface area contributed by atoms with Gasteiger partial charge in [0, 0.05) is 32.4 Å². The predicted molar refractivity (Wildman–Crippen MR) is 99.8 cm³/mol. The number of anilines is 1. The highest BCUT2D eigenvalue weighted by atomic mass is 35.5. The van der Waals surface area contributed by atoms with Gasteiger partial charge in [0.05, 0.1) is 5.02 Å². The zero-order valence-corrected chi connectivity index (χ0v) is 15.6. The van der Waals surface area contributed by atoms with Crippen molar-refractivity contribution >= 4 is 48.4 Å². The number of pyridine rings is 1. The zero-order chi connectivity index (χ0) is 17.4. The number of thiazole rings is 1. The first kappa shape index (κ1) is 16.7. The molecule has 1 saturated heterocycles. The molecule has 0 radical (unpaired) electrons. The zero-order valence-electron chi connectivity index (χ0n) is 13.2. The van der Waals surface area contributed by atoms with Crippen molar-refractivity contribution in [2.24, 2.45) is 0 Å². The number of fused-ring (bicyclic) bond motifs is 1. The van der Waals surface area contributed by atoms with Crippen LogP contribution in [-0.2, 0) is 10.0 Å². The van der Waals surface area contributed by atoms with Gasteiger partial charge in [-0.3, -0.25) is 0 Å². The van der Waals surface area contributed by atoms with Crippen LogP contribution in [0, 0.1) is 0 Å². The van der Waals surface area contributed by atoms with Crippen LogP contribution in [0.4, 0.5) is 5.13 Å². The second-order valence-corrected chi connectivity index (χ2v) is 8.92. The molecule has 0 spiro atoms. The van der Waals surface area contributed by atoms with Gasteiger partial charge < -0.3 is 4.90 Å². The molecule has 0 aliphatic carbocycles. The van der Waals surface area contributed by atoms with E-state index in [-0.39, 0.29) is 9.92 Å². The summed E-state index contributed by atoms with van der Waals surface area (Å²) < 4.78 is 27.1. The summed E-state index contributed by atoms with van der Waals surface area (Å²) >= 11 is 7.59. The number of benzene rings is 1. The Morgan fingerprint density at radius 2 is 1.80 bits per heavy atom. The van der Waals surface area contributed by atoms with Gasteiger partial charge in [-0.2, -0.15) is 4.31 Å². The summed E-state index contributed by atoms with van der Waals surface area (Å²) in [6, 6.07) is 10.3. The molecule has 1 aliphatic rings. The first-order valence-electron chi connectivity index (χ1n) is 7.77. The molecule has 1 fully saturated rings. The Hall–Kier alpha value is -1.74. The van der Waals surface area contributed by atoms with Gasteiger partial charge in [0.1, 0.15) is 15.2 Å². The highest BCUT2D eigenvalue weighted by molar-refractivity contribution is 7.89. The lowest BCUT2D eigenvalue weighted by molar-refractivity contribution is 0.385. The normalized spacial score (nSPS) is 16.4. The van der Waals surface area contributed by atoms with Crippen LogP contribution in [0.25, 0.3) is 10.3 Å². The third-order valence-corrected chi connectivity index (χ3v) is 7.56. The molecular weight excluding hydrogens is 380 g/mol. The smallest absolute Gasteiger partial charge is 0.244 e. The van der Waals surface area contributed by atoms with Crippen molar-refractivity contribution < 1.29 is 8.42 Å². The summed E-state index contributed by atoms with van der Waals surface area (Å²) in [5, 5.41) is 1.13. The summed E-state index contributed by atoms with van der Waals surface area (Å²) in [5.74, 6) is 0. The first-order valence-corrected chi connectivity index (χ1v) is 10.4. The van der Waals surface area contributed by atoms with Crippen LogP contribution in [-0.4, -0.2) is 48.9 Å². The first-order chi connectivity index (χ1) is 12.1. The lowest BCUT2D eigenvalue weighted by Gasteiger charge is -2.33. The van der Waals surface area contributed by atoms with Gasteiger partial charge in [-0.1, -0.05) is 35.1 Å². The number of nitrogens with zero attached hydrogens (tertiary/aromatic N) is 4. The lowest BCUT2D eigenvalue weighted by Crippen LogP contribution is -2.48. The number of rotatable bonds is 3. The number of hydrogen-bond donors (Lipinski definition) is 0. The molecule has 2 aromatic heterocycles. The lowest BCUT2D eigenvalue weighted by atomic mass is 10.4.